The van der Waals surface area contributed by atoms with Gasteiger partial charge >= 0.3 is 0 Å². The van der Waals surface area contributed by atoms with Gasteiger partial charge in [0.1, 0.15) is 5.75 Å². The van der Waals surface area contributed by atoms with E-state index in [-0.39, 0.29) is 0 Å². The molecular formula is C12H17NO. The van der Waals surface area contributed by atoms with E-state index in [1.165, 1.54) is 19.3 Å². The van der Waals surface area contributed by atoms with Crippen molar-refractivity contribution in [2.75, 3.05) is 11.4 Å². The predicted molar refractivity (Wildman–Crippen MR) is 58.8 cm³/mol. The molecule has 0 aliphatic carbocycles. The van der Waals surface area contributed by atoms with E-state index in [9.17, 15) is 5.11 Å². The molecule has 1 saturated heterocycles. The van der Waals surface area contributed by atoms with Crippen LogP contribution in [0.2, 0.25) is 0 Å². The molecule has 0 bridgehead atoms. The quantitative estimate of drug-likeness (QED) is 0.737. The molecule has 1 aliphatic heterocycles. The Hall–Kier alpha value is -1.18. The standard InChI is InChI=1S/C12H17NO/c1-10-5-2-3-8-13(10)11-6-4-7-12(14)9-11/h4,6-7,9-10,14H,2-3,5,8H2,1H3. The monoisotopic (exact) mass is 191 g/mol. The van der Waals surface area contributed by atoms with Gasteiger partial charge in [-0.2, -0.15) is 0 Å². The van der Waals surface area contributed by atoms with Crippen molar-refractivity contribution in [1.29, 1.82) is 0 Å². The van der Waals surface area contributed by atoms with Gasteiger partial charge in [-0.15, -0.1) is 0 Å². The van der Waals surface area contributed by atoms with Crippen molar-refractivity contribution in [1.82, 2.24) is 0 Å². The van der Waals surface area contributed by atoms with Gasteiger partial charge in [-0.05, 0) is 38.3 Å². The Morgan fingerprint density at radius 3 is 2.93 bits per heavy atom. The van der Waals surface area contributed by atoms with Crippen molar-refractivity contribution in [3.8, 4) is 5.75 Å². The fraction of sp³-hybridized carbons (Fsp3) is 0.500. The highest BCUT2D eigenvalue weighted by molar-refractivity contribution is 5.51. The highest BCUT2D eigenvalue weighted by Gasteiger charge is 2.18. The number of anilines is 1. The Bertz CT molecular complexity index is 311. The van der Waals surface area contributed by atoms with E-state index in [1.807, 2.05) is 12.1 Å². The maximum absolute atomic E-state index is 9.40. The van der Waals surface area contributed by atoms with Crippen LogP contribution in [0.1, 0.15) is 26.2 Å². The molecule has 0 amide bonds. The number of rotatable bonds is 1. The summed E-state index contributed by atoms with van der Waals surface area (Å²) in [5, 5.41) is 9.40. The molecule has 1 heterocycles. The van der Waals surface area contributed by atoms with Gasteiger partial charge in [-0.25, -0.2) is 0 Å². The van der Waals surface area contributed by atoms with Crippen molar-refractivity contribution in [2.24, 2.45) is 0 Å². The molecule has 1 fully saturated rings. The van der Waals surface area contributed by atoms with Gasteiger partial charge in [0.25, 0.3) is 0 Å². The van der Waals surface area contributed by atoms with Gasteiger partial charge in [0.2, 0.25) is 0 Å². The predicted octanol–water partition coefficient (Wildman–Crippen LogP) is 2.77. The third-order valence-corrected chi connectivity index (χ3v) is 2.96. The van der Waals surface area contributed by atoms with Crippen LogP contribution in [0.3, 0.4) is 0 Å². The van der Waals surface area contributed by atoms with Crippen LogP contribution in [0.15, 0.2) is 24.3 Å². The summed E-state index contributed by atoms with van der Waals surface area (Å²) in [5.74, 6) is 0.361. The van der Waals surface area contributed by atoms with Crippen LogP contribution in [0.25, 0.3) is 0 Å². The maximum atomic E-state index is 9.40. The fourth-order valence-electron chi connectivity index (χ4n) is 2.15. The number of phenolic OH excluding ortho intramolecular Hbond substituents is 1. The SMILES string of the molecule is CC1CCCCN1c1cccc(O)c1. The zero-order valence-electron chi connectivity index (χ0n) is 8.61. The molecule has 1 unspecified atom stereocenters. The summed E-state index contributed by atoms with van der Waals surface area (Å²) in [4.78, 5) is 2.38. The van der Waals surface area contributed by atoms with Crippen LogP contribution < -0.4 is 4.90 Å². The number of piperidine rings is 1. The molecule has 2 nitrogen and oxygen atoms in total. The van der Waals surface area contributed by atoms with Crippen LogP contribution in [0.4, 0.5) is 5.69 Å². The molecular weight excluding hydrogens is 174 g/mol. The number of phenols is 1. The summed E-state index contributed by atoms with van der Waals surface area (Å²) < 4.78 is 0. The number of hydrogen-bond donors (Lipinski definition) is 1. The second-order valence-electron chi connectivity index (χ2n) is 4.06. The Kier molecular flexibility index (Phi) is 2.62. The van der Waals surface area contributed by atoms with Crippen LogP contribution in [0.5, 0.6) is 5.75 Å². The van der Waals surface area contributed by atoms with E-state index in [4.69, 9.17) is 0 Å². The van der Waals surface area contributed by atoms with Crippen molar-refractivity contribution < 1.29 is 5.11 Å². The Morgan fingerprint density at radius 2 is 2.21 bits per heavy atom. The van der Waals surface area contributed by atoms with Crippen molar-refractivity contribution in [2.45, 2.75) is 32.2 Å². The number of aromatic hydroxyl groups is 1. The van der Waals surface area contributed by atoms with Gasteiger partial charge in [0.05, 0.1) is 0 Å². The second-order valence-corrected chi connectivity index (χ2v) is 4.06. The molecule has 76 valence electrons. The molecule has 1 atom stereocenters. The lowest BCUT2D eigenvalue weighted by Crippen LogP contribution is -2.37. The summed E-state index contributed by atoms with van der Waals surface area (Å²) in [6.07, 6.45) is 3.85. The van der Waals surface area contributed by atoms with E-state index in [1.54, 1.807) is 6.07 Å². The summed E-state index contributed by atoms with van der Waals surface area (Å²) in [5.41, 5.74) is 1.15. The first-order chi connectivity index (χ1) is 6.77. The van der Waals surface area contributed by atoms with Crippen LogP contribution in [-0.2, 0) is 0 Å². The average molecular weight is 191 g/mol. The lowest BCUT2D eigenvalue weighted by molar-refractivity contribution is 0.469. The van der Waals surface area contributed by atoms with Gasteiger partial charge < -0.3 is 10.0 Å². The molecule has 2 rings (SSSR count). The summed E-state index contributed by atoms with van der Waals surface area (Å²) in [6, 6.07) is 8.15. The second kappa shape index (κ2) is 3.91. The molecule has 0 saturated carbocycles. The van der Waals surface area contributed by atoms with E-state index in [0.717, 1.165) is 12.2 Å². The van der Waals surface area contributed by atoms with Gasteiger partial charge in [0, 0.05) is 24.3 Å². The Balaban J connectivity index is 2.20. The lowest BCUT2D eigenvalue weighted by Gasteiger charge is -2.35. The van der Waals surface area contributed by atoms with Gasteiger partial charge in [-0.3, -0.25) is 0 Å². The Morgan fingerprint density at radius 1 is 1.36 bits per heavy atom. The normalized spacial score (nSPS) is 22.4. The molecule has 2 heteroatoms. The highest BCUT2D eigenvalue weighted by atomic mass is 16.3. The first kappa shape index (κ1) is 9.38. The maximum Gasteiger partial charge on any atom is 0.117 e. The number of hydrogen-bond acceptors (Lipinski definition) is 2. The van der Waals surface area contributed by atoms with E-state index < -0.39 is 0 Å². The van der Waals surface area contributed by atoms with Gasteiger partial charge in [0.15, 0.2) is 0 Å². The average Bonchev–Trinajstić information content (AvgIpc) is 2.18. The first-order valence-electron chi connectivity index (χ1n) is 5.33. The van der Waals surface area contributed by atoms with Crippen LogP contribution >= 0.6 is 0 Å². The summed E-state index contributed by atoms with van der Waals surface area (Å²) >= 11 is 0. The molecule has 14 heavy (non-hydrogen) atoms. The molecule has 1 aliphatic rings. The smallest absolute Gasteiger partial charge is 0.117 e. The number of benzene rings is 1. The van der Waals surface area contributed by atoms with E-state index in [2.05, 4.69) is 17.9 Å². The lowest BCUT2D eigenvalue weighted by atomic mass is 10.0. The molecule has 1 aromatic rings. The minimum absolute atomic E-state index is 0.361. The zero-order valence-corrected chi connectivity index (χ0v) is 8.61. The fourth-order valence-corrected chi connectivity index (χ4v) is 2.15. The minimum Gasteiger partial charge on any atom is -0.508 e. The van der Waals surface area contributed by atoms with Crippen molar-refractivity contribution in [3.63, 3.8) is 0 Å². The third kappa shape index (κ3) is 1.84. The third-order valence-electron chi connectivity index (χ3n) is 2.96. The summed E-state index contributed by atoms with van der Waals surface area (Å²) in [7, 11) is 0. The Labute approximate surface area is 85.2 Å². The first-order valence-corrected chi connectivity index (χ1v) is 5.33. The van der Waals surface area contributed by atoms with Crippen molar-refractivity contribution in [3.05, 3.63) is 24.3 Å². The van der Waals surface area contributed by atoms with Gasteiger partial charge in [-0.1, -0.05) is 6.07 Å². The van der Waals surface area contributed by atoms with E-state index >= 15 is 0 Å². The minimum atomic E-state index is 0.361. The zero-order chi connectivity index (χ0) is 9.97. The molecule has 0 radical (unpaired) electrons. The topological polar surface area (TPSA) is 23.5 Å². The van der Waals surface area contributed by atoms with E-state index in [0.29, 0.717) is 11.8 Å². The molecule has 1 N–H and O–H groups in total. The summed E-state index contributed by atoms with van der Waals surface area (Å²) in [6.45, 7) is 3.37. The van der Waals surface area contributed by atoms with Crippen molar-refractivity contribution >= 4 is 5.69 Å². The van der Waals surface area contributed by atoms with Crippen LogP contribution in [0, 0.1) is 0 Å². The largest absolute Gasteiger partial charge is 0.508 e. The molecule has 0 spiro atoms. The molecule has 1 aromatic carbocycles. The highest BCUT2D eigenvalue weighted by Crippen LogP contribution is 2.26. The van der Waals surface area contributed by atoms with Crippen LogP contribution in [-0.4, -0.2) is 17.7 Å². The molecule has 0 aromatic heterocycles. The number of nitrogens with zero attached hydrogens (tertiary/aromatic N) is 1.